The van der Waals surface area contributed by atoms with Gasteiger partial charge in [0, 0.05) is 11.9 Å². The van der Waals surface area contributed by atoms with Gasteiger partial charge in [0.05, 0.1) is 12.2 Å². The highest BCUT2D eigenvalue weighted by Gasteiger charge is 2.22. The van der Waals surface area contributed by atoms with Crippen LogP contribution in [-0.4, -0.2) is 13.4 Å². The molecule has 8 heteroatoms. The van der Waals surface area contributed by atoms with Crippen LogP contribution in [0.15, 0.2) is 35.4 Å². The molecule has 2 rings (SSSR count). The molecule has 1 aromatic carbocycles. The van der Waals surface area contributed by atoms with Gasteiger partial charge in [0.15, 0.2) is 11.6 Å². The van der Waals surface area contributed by atoms with Gasteiger partial charge < -0.3 is 5.73 Å². The summed E-state index contributed by atoms with van der Waals surface area (Å²) in [6, 6.07) is 5.06. The first kappa shape index (κ1) is 15.3. The molecule has 0 aliphatic heterocycles. The van der Waals surface area contributed by atoms with Crippen LogP contribution in [0.3, 0.4) is 0 Å². The Morgan fingerprint density at radius 2 is 2.05 bits per heavy atom. The smallest absolute Gasteiger partial charge is 0.244 e. The lowest BCUT2D eigenvalue weighted by atomic mass is 10.2. The summed E-state index contributed by atoms with van der Waals surface area (Å²) in [4.78, 5) is 3.19. The normalized spacial score (nSPS) is 11.6. The highest BCUT2D eigenvalue weighted by atomic mass is 32.2. The van der Waals surface area contributed by atoms with Crippen molar-refractivity contribution in [2.45, 2.75) is 18.4 Å². The predicted octanol–water partition coefficient (Wildman–Crippen LogP) is 1.73. The largest absolute Gasteiger partial charge is 0.399 e. The number of pyridine rings is 1. The zero-order valence-corrected chi connectivity index (χ0v) is 11.9. The fraction of sp³-hybridized carbons (Fsp3) is 0.154. The topological polar surface area (TPSA) is 85.1 Å². The van der Waals surface area contributed by atoms with E-state index < -0.39 is 26.6 Å². The molecule has 0 saturated carbocycles. The number of anilines is 1. The van der Waals surface area contributed by atoms with Crippen molar-refractivity contribution in [1.29, 1.82) is 0 Å². The number of nitrogen functional groups attached to an aromatic ring is 1. The molecule has 112 valence electrons. The first-order valence-electron chi connectivity index (χ1n) is 5.96. The number of aryl methyl sites for hydroxylation is 1. The fourth-order valence-corrected chi connectivity index (χ4v) is 2.83. The van der Waals surface area contributed by atoms with E-state index in [1.54, 1.807) is 19.1 Å². The molecule has 5 nitrogen and oxygen atoms in total. The van der Waals surface area contributed by atoms with Gasteiger partial charge in [-0.25, -0.2) is 21.9 Å². The Balaban J connectivity index is 2.30. The van der Waals surface area contributed by atoms with Crippen molar-refractivity contribution in [3.05, 3.63) is 53.4 Å². The van der Waals surface area contributed by atoms with Crippen molar-refractivity contribution >= 4 is 15.7 Å². The lowest BCUT2D eigenvalue weighted by Gasteiger charge is -2.10. The van der Waals surface area contributed by atoms with Crippen LogP contribution in [0.1, 0.15) is 11.3 Å². The number of hydrogen-bond donors (Lipinski definition) is 2. The summed E-state index contributed by atoms with van der Waals surface area (Å²) in [6.07, 6.45) is 1.51. The van der Waals surface area contributed by atoms with E-state index in [0.29, 0.717) is 5.69 Å². The van der Waals surface area contributed by atoms with E-state index in [1.165, 1.54) is 6.20 Å². The number of sulfonamides is 1. The Morgan fingerprint density at radius 3 is 2.71 bits per heavy atom. The molecular weight excluding hydrogens is 300 g/mol. The lowest BCUT2D eigenvalue weighted by Crippen LogP contribution is -2.25. The standard InChI is InChI=1S/C13H13F2N3O2S/c1-8-3-2-4-17-11(8)7-18-21(19,20)12-6-9(16)5-10(14)13(12)15/h2-6,18H,7,16H2,1H3. The van der Waals surface area contributed by atoms with Crippen molar-refractivity contribution in [1.82, 2.24) is 9.71 Å². The quantitative estimate of drug-likeness (QED) is 0.842. The van der Waals surface area contributed by atoms with E-state index in [0.717, 1.165) is 17.7 Å². The Bertz CT molecular complexity index is 779. The molecule has 0 saturated heterocycles. The molecule has 0 bridgehead atoms. The van der Waals surface area contributed by atoms with Crippen LogP contribution in [-0.2, 0) is 16.6 Å². The van der Waals surface area contributed by atoms with Crippen LogP contribution in [0, 0.1) is 18.6 Å². The van der Waals surface area contributed by atoms with E-state index >= 15 is 0 Å². The third-order valence-corrected chi connectivity index (χ3v) is 4.25. The fourth-order valence-electron chi connectivity index (χ4n) is 1.72. The second-order valence-electron chi connectivity index (χ2n) is 4.41. The summed E-state index contributed by atoms with van der Waals surface area (Å²) in [6.45, 7) is 1.63. The van der Waals surface area contributed by atoms with Gasteiger partial charge in [0.1, 0.15) is 4.90 Å². The van der Waals surface area contributed by atoms with Gasteiger partial charge >= 0.3 is 0 Å². The molecule has 1 heterocycles. The monoisotopic (exact) mass is 313 g/mol. The van der Waals surface area contributed by atoms with Crippen molar-refractivity contribution in [3.63, 3.8) is 0 Å². The van der Waals surface area contributed by atoms with Gasteiger partial charge in [-0.3, -0.25) is 4.98 Å². The highest BCUT2D eigenvalue weighted by molar-refractivity contribution is 7.89. The van der Waals surface area contributed by atoms with E-state index in [1.807, 2.05) is 0 Å². The maximum Gasteiger partial charge on any atom is 0.244 e. The third-order valence-electron chi connectivity index (χ3n) is 2.85. The second-order valence-corrected chi connectivity index (χ2v) is 6.14. The number of rotatable bonds is 4. The SMILES string of the molecule is Cc1cccnc1CNS(=O)(=O)c1cc(N)cc(F)c1F. The number of nitrogens with one attached hydrogen (secondary N) is 1. The van der Waals surface area contributed by atoms with E-state index in [-0.39, 0.29) is 12.2 Å². The van der Waals surface area contributed by atoms with E-state index in [9.17, 15) is 17.2 Å². The zero-order valence-electron chi connectivity index (χ0n) is 11.1. The Kier molecular flexibility index (Phi) is 4.19. The van der Waals surface area contributed by atoms with Crippen LogP contribution < -0.4 is 10.5 Å². The molecule has 3 N–H and O–H groups in total. The van der Waals surface area contributed by atoms with Gasteiger partial charge in [0.2, 0.25) is 10.0 Å². The molecular formula is C13H13F2N3O2S. The molecule has 0 spiro atoms. The highest BCUT2D eigenvalue weighted by Crippen LogP contribution is 2.21. The number of hydrogen-bond acceptors (Lipinski definition) is 4. The Morgan fingerprint density at radius 1 is 1.33 bits per heavy atom. The predicted molar refractivity (Wildman–Crippen MR) is 73.8 cm³/mol. The van der Waals surface area contributed by atoms with Gasteiger partial charge in [0.25, 0.3) is 0 Å². The summed E-state index contributed by atoms with van der Waals surface area (Å²) in [5.74, 6) is -2.78. The molecule has 0 unspecified atom stereocenters. The van der Waals surface area contributed by atoms with Gasteiger partial charge in [-0.1, -0.05) is 6.07 Å². The van der Waals surface area contributed by atoms with Gasteiger partial charge in [-0.05, 0) is 30.7 Å². The average molecular weight is 313 g/mol. The maximum atomic E-state index is 13.6. The molecule has 0 aliphatic rings. The summed E-state index contributed by atoms with van der Waals surface area (Å²) >= 11 is 0. The van der Waals surface area contributed by atoms with E-state index in [2.05, 4.69) is 9.71 Å². The van der Waals surface area contributed by atoms with Crippen LogP contribution in [0.5, 0.6) is 0 Å². The van der Waals surface area contributed by atoms with Gasteiger partial charge in [-0.15, -0.1) is 0 Å². The lowest BCUT2D eigenvalue weighted by molar-refractivity contribution is 0.483. The number of nitrogens with two attached hydrogens (primary N) is 1. The summed E-state index contributed by atoms with van der Waals surface area (Å²) < 4.78 is 53.1. The van der Waals surface area contributed by atoms with Crippen molar-refractivity contribution < 1.29 is 17.2 Å². The molecule has 0 aliphatic carbocycles. The summed E-state index contributed by atoms with van der Waals surface area (Å²) in [7, 11) is -4.24. The van der Waals surface area contributed by atoms with Crippen molar-refractivity contribution in [2.75, 3.05) is 5.73 Å². The van der Waals surface area contributed by atoms with Crippen LogP contribution in [0.4, 0.5) is 14.5 Å². The number of halogens is 2. The van der Waals surface area contributed by atoms with Crippen LogP contribution in [0.2, 0.25) is 0 Å². The Labute approximate surface area is 120 Å². The average Bonchev–Trinajstić information content (AvgIpc) is 2.42. The minimum atomic E-state index is -4.24. The number of aromatic nitrogens is 1. The molecule has 21 heavy (non-hydrogen) atoms. The molecule has 0 radical (unpaired) electrons. The first-order valence-corrected chi connectivity index (χ1v) is 7.44. The summed E-state index contributed by atoms with van der Waals surface area (Å²) in [5, 5.41) is 0. The minimum Gasteiger partial charge on any atom is -0.399 e. The first-order chi connectivity index (χ1) is 9.81. The molecule has 0 amide bonds. The number of nitrogens with zero attached hydrogens (tertiary/aromatic N) is 1. The molecule has 0 atom stereocenters. The third kappa shape index (κ3) is 3.34. The number of benzene rings is 1. The van der Waals surface area contributed by atoms with E-state index in [4.69, 9.17) is 5.73 Å². The second kappa shape index (κ2) is 5.74. The maximum absolute atomic E-state index is 13.6. The molecule has 2 aromatic rings. The Hall–Kier alpha value is -2.06. The van der Waals surface area contributed by atoms with Crippen LogP contribution in [0.25, 0.3) is 0 Å². The molecule has 0 fully saturated rings. The van der Waals surface area contributed by atoms with Crippen molar-refractivity contribution in [2.24, 2.45) is 0 Å². The molecule has 1 aromatic heterocycles. The van der Waals surface area contributed by atoms with Gasteiger partial charge in [-0.2, -0.15) is 0 Å². The van der Waals surface area contributed by atoms with Crippen LogP contribution >= 0.6 is 0 Å². The van der Waals surface area contributed by atoms with Crippen molar-refractivity contribution in [3.8, 4) is 0 Å². The minimum absolute atomic E-state index is 0.134. The summed E-state index contributed by atoms with van der Waals surface area (Å²) in [5.41, 5.74) is 6.44. The zero-order chi connectivity index (χ0) is 15.6.